The number of halogens is 5. The summed E-state index contributed by atoms with van der Waals surface area (Å²) in [4.78, 5) is 11.1. The molecule has 0 amide bonds. The Morgan fingerprint density at radius 1 is 1.41 bits per heavy atom. The molecule has 0 heterocycles. The smallest absolute Gasteiger partial charge is 0.293 e. The zero-order valence-electron chi connectivity index (χ0n) is 8.11. The van der Waals surface area contributed by atoms with Crippen LogP contribution in [0.4, 0.5) is 17.6 Å². The van der Waals surface area contributed by atoms with Gasteiger partial charge in [0.15, 0.2) is 5.78 Å². The van der Waals surface area contributed by atoms with Gasteiger partial charge < -0.3 is 0 Å². The second kappa shape index (κ2) is 4.72. The van der Waals surface area contributed by atoms with Gasteiger partial charge in [-0.1, -0.05) is 0 Å². The van der Waals surface area contributed by atoms with E-state index in [1.165, 1.54) is 6.07 Å². The van der Waals surface area contributed by atoms with Gasteiger partial charge in [0.25, 0.3) is 0 Å². The highest BCUT2D eigenvalue weighted by Crippen LogP contribution is 2.33. The number of nitrogens with zero attached hydrogens (tertiary/aromatic N) is 1. The second-order valence-corrected chi connectivity index (χ2v) is 3.31. The van der Waals surface area contributed by atoms with Crippen molar-refractivity contribution in [2.24, 2.45) is 0 Å². The summed E-state index contributed by atoms with van der Waals surface area (Å²) in [5.74, 6) is -2.81. The topological polar surface area (TPSA) is 40.9 Å². The SMILES string of the molecule is N#Cc1cc(F)c(C(=O)CCl)cc1C(F)(F)F. The molecule has 0 saturated carbocycles. The number of alkyl halides is 4. The molecule has 0 bridgehead atoms. The second-order valence-electron chi connectivity index (χ2n) is 3.04. The van der Waals surface area contributed by atoms with Crippen LogP contribution in [0.1, 0.15) is 21.5 Å². The fraction of sp³-hybridized carbons (Fsp3) is 0.200. The van der Waals surface area contributed by atoms with Crippen LogP contribution in [0.2, 0.25) is 0 Å². The van der Waals surface area contributed by atoms with Crippen molar-refractivity contribution in [3.63, 3.8) is 0 Å². The summed E-state index contributed by atoms with van der Waals surface area (Å²) < 4.78 is 50.7. The molecule has 0 unspecified atom stereocenters. The van der Waals surface area contributed by atoms with Crippen molar-refractivity contribution in [1.82, 2.24) is 0 Å². The highest BCUT2D eigenvalue weighted by atomic mass is 35.5. The van der Waals surface area contributed by atoms with Crippen molar-refractivity contribution in [3.05, 3.63) is 34.6 Å². The zero-order chi connectivity index (χ0) is 13.2. The van der Waals surface area contributed by atoms with Crippen LogP contribution in [0.5, 0.6) is 0 Å². The van der Waals surface area contributed by atoms with E-state index < -0.39 is 40.3 Å². The molecule has 1 rings (SSSR count). The first-order valence-electron chi connectivity index (χ1n) is 4.21. The molecule has 0 saturated heterocycles. The largest absolute Gasteiger partial charge is 0.417 e. The Morgan fingerprint density at radius 3 is 2.41 bits per heavy atom. The molecule has 0 N–H and O–H groups in total. The molecule has 0 aromatic heterocycles. The van der Waals surface area contributed by atoms with Gasteiger partial charge in [-0.05, 0) is 12.1 Å². The lowest BCUT2D eigenvalue weighted by molar-refractivity contribution is -0.137. The first kappa shape index (κ1) is 13.5. The van der Waals surface area contributed by atoms with Gasteiger partial charge in [-0.3, -0.25) is 4.79 Å². The molecule has 0 spiro atoms. The lowest BCUT2D eigenvalue weighted by atomic mass is 10.0. The van der Waals surface area contributed by atoms with Crippen LogP contribution >= 0.6 is 11.6 Å². The first-order valence-corrected chi connectivity index (χ1v) is 4.74. The van der Waals surface area contributed by atoms with Gasteiger partial charge in [0, 0.05) is 0 Å². The highest BCUT2D eigenvalue weighted by Gasteiger charge is 2.35. The van der Waals surface area contributed by atoms with E-state index in [0.29, 0.717) is 12.1 Å². The van der Waals surface area contributed by atoms with Crippen LogP contribution in [-0.4, -0.2) is 11.7 Å². The number of nitriles is 1. The molecule has 2 nitrogen and oxygen atoms in total. The predicted octanol–water partition coefficient (Wildman–Crippen LogP) is 3.14. The summed E-state index contributed by atoms with van der Waals surface area (Å²) in [7, 11) is 0. The van der Waals surface area contributed by atoms with Crippen LogP contribution in [0.25, 0.3) is 0 Å². The third-order valence-electron chi connectivity index (χ3n) is 1.95. The maximum absolute atomic E-state index is 13.2. The van der Waals surface area contributed by atoms with Crippen molar-refractivity contribution in [3.8, 4) is 6.07 Å². The van der Waals surface area contributed by atoms with Gasteiger partial charge in [0.1, 0.15) is 5.82 Å². The minimum absolute atomic E-state index is 0.304. The normalized spacial score (nSPS) is 11.1. The summed E-state index contributed by atoms with van der Waals surface area (Å²) >= 11 is 5.14. The standard InChI is InChI=1S/C10H4ClF4NO/c11-3-9(17)6-2-7(10(13,14)15)5(4-16)1-8(6)12/h1-2H,3H2. The molecule has 0 radical (unpaired) electrons. The van der Waals surface area contributed by atoms with Gasteiger partial charge in [0.2, 0.25) is 0 Å². The Kier molecular flexibility index (Phi) is 3.73. The molecule has 7 heteroatoms. The van der Waals surface area contributed by atoms with Crippen molar-refractivity contribution in [2.75, 3.05) is 5.88 Å². The summed E-state index contributed by atoms with van der Waals surface area (Å²) in [6, 6.07) is 1.90. The molecule has 0 aliphatic rings. The van der Waals surface area contributed by atoms with Crippen LogP contribution in [0.15, 0.2) is 12.1 Å². The van der Waals surface area contributed by atoms with E-state index in [1.54, 1.807) is 0 Å². The monoisotopic (exact) mass is 265 g/mol. The molecular weight excluding hydrogens is 262 g/mol. The summed E-state index contributed by atoms with van der Waals surface area (Å²) in [6.07, 6.45) is -4.83. The third kappa shape index (κ3) is 2.74. The zero-order valence-corrected chi connectivity index (χ0v) is 8.86. The minimum atomic E-state index is -4.83. The first-order chi connectivity index (χ1) is 7.81. The maximum atomic E-state index is 13.2. The highest BCUT2D eigenvalue weighted by molar-refractivity contribution is 6.30. The number of hydrogen-bond acceptors (Lipinski definition) is 2. The number of Topliss-reactive ketones (excluding diaryl/α,β-unsaturated/α-hetero) is 1. The molecule has 1 aromatic carbocycles. The van der Waals surface area contributed by atoms with Crippen LogP contribution in [-0.2, 0) is 6.18 Å². The van der Waals surface area contributed by atoms with Crippen LogP contribution < -0.4 is 0 Å². The van der Waals surface area contributed by atoms with E-state index in [2.05, 4.69) is 0 Å². The van der Waals surface area contributed by atoms with E-state index in [9.17, 15) is 22.4 Å². The Labute approximate surface area is 98.4 Å². The molecule has 0 aliphatic heterocycles. The lowest BCUT2D eigenvalue weighted by Crippen LogP contribution is -2.12. The van der Waals surface area contributed by atoms with Gasteiger partial charge in [-0.15, -0.1) is 11.6 Å². The Bertz CT molecular complexity index is 504. The van der Waals surface area contributed by atoms with E-state index in [0.717, 1.165) is 0 Å². The van der Waals surface area contributed by atoms with Crippen molar-refractivity contribution >= 4 is 17.4 Å². The number of rotatable bonds is 2. The van der Waals surface area contributed by atoms with Crippen LogP contribution in [0, 0.1) is 17.1 Å². The van der Waals surface area contributed by atoms with Crippen molar-refractivity contribution < 1.29 is 22.4 Å². The maximum Gasteiger partial charge on any atom is 0.417 e. The van der Waals surface area contributed by atoms with Gasteiger partial charge in [-0.25, -0.2) is 4.39 Å². The third-order valence-corrected chi connectivity index (χ3v) is 2.20. The van der Waals surface area contributed by atoms with Gasteiger partial charge in [-0.2, -0.15) is 18.4 Å². The molecule has 0 aliphatic carbocycles. The number of ketones is 1. The van der Waals surface area contributed by atoms with E-state index in [-0.39, 0.29) is 0 Å². The molecule has 0 atom stereocenters. The minimum Gasteiger partial charge on any atom is -0.293 e. The number of carbonyl (C=O) groups is 1. The average Bonchev–Trinajstić information content (AvgIpc) is 2.25. The fourth-order valence-electron chi connectivity index (χ4n) is 1.19. The Morgan fingerprint density at radius 2 is 2.00 bits per heavy atom. The molecule has 0 fully saturated rings. The predicted molar refractivity (Wildman–Crippen MR) is 51.2 cm³/mol. The number of carbonyl (C=O) groups excluding carboxylic acids is 1. The van der Waals surface area contributed by atoms with Crippen LogP contribution in [0.3, 0.4) is 0 Å². The number of benzene rings is 1. The quantitative estimate of drug-likeness (QED) is 0.468. The summed E-state index contributed by atoms with van der Waals surface area (Å²) in [5, 5.41) is 8.47. The van der Waals surface area contributed by atoms with E-state index in [1.807, 2.05) is 0 Å². The average molecular weight is 266 g/mol. The molecule has 90 valence electrons. The fourth-order valence-corrected chi connectivity index (χ4v) is 1.33. The van der Waals surface area contributed by atoms with Crippen molar-refractivity contribution in [2.45, 2.75) is 6.18 Å². The molecular formula is C10H4ClF4NO. The Balaban J connectivity index is 3.50. The number of hydrogen-bond donors (Lipinski definition) is 0. The van der Waals surface area contributed by atoms with Gasteiger partial charge >= 0.3 is 6.18 Å². The van der Waals surface area contributed by atoms with Gasteiger partial charge in [0.05, 0.1) is 28.6 Å². The molecule has 17 heavy (non-hydrogen) atoms. The molecule has 1 aromatic rings. The summed E-state index contributed by atoms with van der Waals surface area (Å²) in [5.41, 5.74) is -3.00. The summed E-state index contributed by atoms with van der Waals surface area (Å²) in [6.45, 7) is 0. The lowest BCUT2D eigenvalue weighted by Gasteiger charge is -2.10. The van der Waals surface area contributed by atoms with Crippen molar-refractivity contribution in [1.29, 1.82) is 5.26 Å². The van der Waals surface area contributed by atoms with E-state index in [4.69, 9.17) is 16.9 Å². The van der Waals surface area contributed by atoms with E-state index >= 15 is 0 Å². The Hall–Kier alpha value is -1.61.